The van der Waals surface area contributed by atoms with E-state index in [0.29, 0.717) is 5.75 Å². The molecule has 0 aliphatic rings. The van der Waals surface area contributed by atoms with Gasteiger partial charge >= 0.3 is 17.9 Å². The second-order valence-electron chi connectivity index (χ2n) is 4.95. The number of benzene rings is 2. The van der Waals surface area contributed by atoms with Crippen molar-refractivity contribution in [1.29, 1.82) is 0 Å². The first-order valence-corrected chi connectivity index (χ1v) is 7.56. The number of carbonyl (C=O) groups excluding carboxylic acids is 3. The number of nitrogens with one attached hydrogen (secondary N) is 1. The van der Waals surface area contributed by atoms with Crippen LogP contribution < -0.4 is 10.1 Å². The minimum Gasteiger partial charge on any atom is -0.466 e. The standard InChI is InChI=1S/C19H17NO6/c1-24-17(21)12-16(19(23)25-2)20-15-11-7-6-10-14(15)18(22)26-13-8-4-3-5-9-13/h3-12,20H,1-2H3/b16-12+. The molecule has 0 heterocycles. The fourth-order valence-electron chi connectivity index (χ4n) is 2.00. The van der Waals surface area contributed by atoms with Crippen molar-refractivity contribution in [2.45, 2.75) is 0 Å². The van der Waals surface area contributed by atoms with Crippen LogP contribution in [-0.4, -0.2) is 32.1 Å². The van der Waals surface area contributed by atoms with Gasteiger partial charge < -0.3 is 19.5 Å². The van der Waals surface area contributed by atoms with Crippen molar-refractivity contribution in [3.05, 3.63) is 71.9 Å². The Morgan fingerprint density at radius 3 is 2.19 bits per heavy atom. The van der Waals surface area contributed by atoms with Gasteiger partial charge in [0.15, 0.2) is 0 Å². The van der Waals surface area contributed by atoms with E-state index in [1.165, 1.54) is 20.3 Å². The number of methoxy groups -OCH3 is 2. The topological polar surface area (TPSA) is 90.9 Å². The van der Waals surface area contributed by atoms with Gasteiger partial charge in [-0.15, -0.1) is 0 Å². The Bertz CT molecular complexity index is 829. The molecule has 0 aliphatic heterocycles. The monoisotopic (exact) mass is 355 g/mol. The lowest BCUT2D eigenvalue weighted by Gasteiger charge is -2.13. The van der Waals surface area contributed by atoms with Gasteiger partial charge in [0.2, 0.25) is 0 Å². The average Bonchev–Trinajstić information content (AvgIpc) is 2.67. The molecular formula is C19H17NO6. The van der Waals surface area contributed by atoms with Crippen LogP contribution in [0.2, 0.25) is 0 Å². The minimum atomic E-state index is -0.790. The summed E-state index contributed by atoms with van der Waals surface area (Å²) in [6.07, 6.45) is 0.936. The molecule has 2 aromatic rings. The van der Waals surface area contributed by atoms with Crippen LogP contribution >= 0.6 is 0 Å². The van der Waals surface area contributed by atoms with Crippen molar-refractivity contribution < 1.29 is 28.6 Å². The Morgan fingerprint density at radius 2 is 1.54 bits per heavy atom. The van der Waals surface area contributed by atoms with Gasteiger partial charge in [0.1, 0.15) is 11.4 Å². The molecule has 7 nitrogen and oxygen atoms in total. The number of esters is 3. The molecule has 0 spiro atoms. The van der Waals surface area contributed by atoms with Crippen LogP contribution in [0.1, 0.15) is 10.4 Å². The van der Waals surface area contributed by atoms with Gasteiger partial charge in [0.05, 0.1) is 31.5 Å². The van der Waals surface area contributed by atoms with E-state index in [-0.39, 0.29) is 16.9 Å². The Labute approximate surface area is 150 Å². The molecule has 2 rings (SSSR count). The van der Waals surface area contributed by atoms with Gasteiger partial charge in [-0.05, 0) is 24.3 Å². The summed E-state index contributed by atoms with van der Waals surface area (Å²) >= 11 is 0. The third-order valence-electron chi connectivity index (χ3n) is 3.24. The summed E-state index contributed by atoms with van der Waals surface area (Å²) in [6.45, 7) is 0. The molecular weight excluding hydrogens is 338 g/mol. The van der Waals surface area contributed by atoms with E-state index >= 15 is 0 Å². The van der Waals surface area contributed by atoms with Crippen molar-refractivity contribution in [2.75, 3.05) is 19.5 Å². The second-order valence-corrected chi connectivity index (χ2v) is 4.95. The van der Waals surface area contributed by atoms with Gasteiger partial charge in [0, 0.05) is 0 Å². The normalized spacial score (nSPS) is 10.6. The highest BCUT2D eigenvalue weighted by atomic mass is 16.5. The fraction of sp³-hybridized carbons (Fsp3) is 0.105. The van der Waals surface area contributed by atoms with E-state index in [9.17, 15) is 14.4 Å². The molecule has 1 N–H and O–H groups in total. The number of ether oxygens (including phenoxy) is 3. The lowest BCUT2D eigenvalue weighted by Crippen LogP contribution is -2.18. The summed E-state index contributed by atoms with van der Waals surface area (Å²) in [5, 5.41) is 2.72. The molecule has 0 aromatic heterocycles. The first-order valence-electron chi connectivity index (χ1n) is 7.56. The minimum absolute atomic E-state index is 0.177. The summed E-state index contributed by atoms with van der Waals surface area (Å²) in [5.41, 5.74) is 0.268. The first-order chi connectivity index (χ1) is 12.5. The van der Waals surface area contributed by atoms with E-state index in [4.69, 9.17) is 4.74 Å². The van der Waals surface area contributed by atoms with Crippen LogP contribution in [0.25, 0.3) is 0 Å². The van der Waals surface area contributed by atoms with Gasteiger partial charge in [-0.2, -0.15) is 0 Å². The van der Waals surface area contributed by atoms with E-state index in [2.05, 4.69) is 14.8 Å². The highest BCUT2D eigenvalue weighted by Crippen LogP contribution is 2.20. The summed E-state index contributed by atoms with van der Waals surface area (Å²) < 4.78 is 14.5. The van der Waals surface area contributed by atoms with Crippen molar-refractivity contribution in [3.63, 3.8) is 0 Å². The summed E-state index contributed by atoms with van der Waals surface area (Å²) in [4.78, 5) is 35.8. The molecule has 2 aromatic carbocycles. The fourth-order valence-corrected chi connectivity index (χ4v) is 2.00. The number of hydrogen-bond donors (Lipinski definition) is 1. The summed E-state index contributed by atoms with van der Waals surface area (Å²) in [7, 11) is 2.35. The Hall–Kier alpha value is -3.61. The van der Waals surface area contributed by atoms with Crippen molar-refractivity contribution in [3.8, 4) is 5.75 Å². The van der Waals surface area contributed by atoms with Crippen molar-refractivity contribution in [2.24, 2.45) is 0 Å². The number of hydrogen-bond acceptors (Lipinski definition) is 7. The molecule has 0 atom stereocenters. The predicted octanol–water partition coefficient (Wildman–Crippen LogP) is 2.55. The van der Waals surface area contributed by atoms with Gasteiger partial charge in [-0.3, -0.25) is 0 Å². The van der Waals surface area contributed by atoms with E-state index in [1.807, 2.05) is 0 Å². The first kappa shape index (κ1) is 18.7. The van der Waals surface area contributed by atoms with Crippen LogP contribution in [-0.2, 0) is 19.1 Å². The van der Waals surface area contributed by atoms with Crippen molar-refractivity contribution in [1.82, 2.24) is 0 Å². The highest BCUT2D eigenvalue weighted by Gasteiger charge is 2.18. The van der Waals surface area contributed by atoms with Crippen LogP contribution in [0.5, 0.6) is 5.75 Å². The number of rotatable bonds is 6. The zero-order valence-electron chi connectivity index (χ0n) is 14.2. The Kier molecular flexibility index (Phi) is 6.50. The maximum atomic E-state index is 12.4. The van der Waals surface area contributed by atoms with Gasteiger partial charge in [0.25, 0.3) is 0 Å². The van der Waals surface area contributed by atoms with E-state index in [0.717, 1.165) is 6.08 Å². The number of para-hydroxylation sites is 2. The number of anilines is 1. The number of carbonyl (C=O) groups is 3. The molecule has 134 valence electrons. The summed E-state index contributed by atoms with van der Waals surface area (Å²) in [5.74, 6) is -1.78. The highest BCUT2D eigenvalue weighted by molar-refractivity contribution is 6.02. The smallest absolute Gasteiger partial charge is 0.354 e. The molecule has 0 fully saturated rings. The van der Waals surface area contributed by atoms with Crippen LogP contribution in [0.3, 0.4) is 0 Å². The van der Waals surface area contributed by atoms with Crippen LogP contribution in [0.4, 0.5) is 5.69 Å². The van der Waals surface area contributed by atoms with Crippen LogP contribution in [0, 0.1) is 0 Å². The predicted molar refractivity (Wildman–Crippen MR) is 93.6 cm³/mol. The summed E-state index contributed by atoms with van der Waals surface area (Å²) in [6, 6.07) is 15.0. The molecule has 0 radical (unpaired) electrons. The third-order valence-corrected chi connectivity index (χ3v) is 3.24. The lowest BCUT2D eigenvalue weighted by atomic mass is 10.1. The molecule has 0 amide bonds. The Morgan fingerprint density at radius 1 is 0.885 bits per heavy atom. The maximum Gasteiger partial charge on any atom is 0.354 e. The molecule has 0 saturated carbocycles. The maximum absolute atomic E-state index is 12.4. The molecule has 26 heavy (non-hydrogen) atoms. The zero-order valence-corrected chi connectivity index (χ0v) is 14.2. The van der Waals surface area contributed by atoms with Crippen LogP contribution in [0.15, 0.2) is 66.4 Å². The zero-order chi connectivity index (χ0) is 18.9. The van der Waals surface area contributed by atoms with Crippen molar-refractivity contribution >= 4 is 23.6 Å². The average molecular weight is 355 g/mol. The quantitative estimate of drug-likeness (QED) is 0.484. The molecule has 7 heteroatoms. The Balaban J connectivity index is 2.29. The third kappa shape index (κ3) is 4.94. The lowest BCUT2D eigenvalue weighted by molar-refractivity contribution is -0.138. The van der Waals surface area contributed by atoms with E-state index < -0.39 is 17.9 Å². The SMILES string of the molecule is COC(=O)/C=C(/Nc1ccccc1C(=O)Oc1ccccc1)C(=O)OC. The molecule has 0 unspecified atom stereocenters. The second kappa shape index (κ2) is 9.03. The van der Waals surface area contributed by atoms with E-state index in [1.54, 1.807) is 48.5 Å². The molecule has 0 aliphatic carbocycles. The van der Waals surface area contributed by atoms with Gasteiger partial charge in [-0.25, -0.2) is 14.4 Å². The molecule has 0 bridgehead atoms. The molecule has 0 saturated heterocycles. The largest absolute Gasteiger partial charge is 0.466 e. The van der Waals surface area contributed by atoms with Gasteiger partial charge in [-0.1, -0.05) is 30.3 Å².